The van der Waals surface area contributed by atoms with Crippen molar-refractivity contribution in [2.45, 2.75) is 44.6 Å². The Kier molecular flexibility index (Phi) is 4.73. The first-order valence-electron chi connectivity index (χ1n) is 5.83. The first-order chi connectivity index (χ1) is 7.40. The summed E-state index contributed by atoms with van der Waals surface area (Å²) in [6, 6.07) is 0. The van der Waals surface area contributed by atoms with Gasteiger partial charge in [-0.2, -0.15) is 17.4 Å². The molecule has 1 aliphatic carbocycles. The third-order valence-electron chi connectivity index (χ3n) is 3.10. The van der Waals surface area contributed by atoms with Crippen LogP contribution >= 0.6 is 0 Å². The van der Waals surface area contributed by atoms with Gasteiger partial charge in [0, 0.05) is 20.1 Å². The average Bonchev–Trinajstić information content (AvgIpc) is 2.20. The maximum Gasteiger partial charge on any atom is 0.279 e. The number of hydrogen-bond donors (Lipinski definition) is 2. The number of aliphatic hydroxyl groups is 1. The zero-order valence-electron chi connectivity index (χ0n) is 10.1. The second kappa shape index (κ2) is 5.44. The van der Waals surface area contributed by atoms with E-state index in [0.29, 0.717) is 19.4 Å². The molecule has 0 amide bonds. The maximum absolute atomic E-state index is 11.7. The minimum absolute atomic E-state index is 0.131. The highest BCUT2D eigenvalue weighted by atomic mass is 32.2. The van der Waals surface area contributed by atoms with Crippen LogP contribution in [0.4, 0.5) is 0 Å². The van der Waals surface area contributed by atoms with E-state index in [2.05, 4.69) is 4.72 Å². The minimum Gasteiger partial charge on any atom is -0.389 e. The van der Waals surface area contributed by atoms with E-state index in [0.717, 1.165) is 19.3 Å². The van der Waals surface area contributed by atoms with Gasteiger partial charge < -0.3 is 5.11 Å². The Labute approximate surface area is 98.0 Å². The lowest BCUT2D eigenvalue weighted by Crippen LogP contribution is -2.50. The van der Waals surface area contributed by atoms with Crippen LogP contribution in [-0.4, -0.2) is 43.6 Å². The molecular weight excluding hydrogens is 228 g/mol. The molecule has 6 heteroatoms. The highest BCUT2D eigenvalue weighted by molar-refractivity contribution is 7.87. The van der Waals surface area contributed by atoms with Gasteiger partial charge in [-0.05, 0) is 25.7 Å². The van der Waals surface area contributed by atoms with E-state index in [1.807, 2.05) is 6.92 Å². The summed E-state index contributed by atoms with van der Waals surface area (Å²) in [6.07, 6.45) is 4.16. The first-order valence-corrected chi connectivity index (χ1v) is 7.27. The van der Waals surface area contributed by atoms with Gasteiger partial charge in [-0.25, -0.2) is 0 Å². The lowest BCUT2D eigenvalue weighted by molar-refractivity contribution is -0.0273. The predicted octanol–water partition coefficient (Wildman–Crippen LogP) is 0.468. The molecule has 0 bridgehead atoms. The molecule has 0 unspecified atom stereocenters. The standard InChI is InChI=1S/C10H22N2O3S/c1-3-4-8-12(2)16(14,15)11-9-10(13)6-5-7-10/h11,13H,3-9H2,1-2H3. The Morgan fingerprint density at radius 2 is 2.06 bits per heavy atom. The largest absolute Gasteiger partial charge is 0.389 e. The number of unbranched alkanes of at least 4 members (excludes halogenated alkanes) is 1. The van der Waals surface area contributed by atoms with E-state index in [1.165, 1.54) is 4.31 Å². The Bertz CT molecular complexity index is 312. The summed E-state index contributed by atoms with van der Waals surface area (Å²) < 4.78 is 27.2. The van der Waals surface area contributed by atoms with E-state index < -0.39 is 15.8 Å². The van der Waals surface area contributed by atoms with Crippen LogP contribution in [-0.2, 0) is 10.2 Å². The van der Waals surface area contributed by atoms with Gasteiger partial charge in [0.05, 0.1) is 5.60 Å². The SMILES string of the molecule is CCCCN(C)S(=O)(=O)NCC1(O)CCC1. The number of rotatable bonds is 7. The van der Waals surface area contributed by atoms with Crippen molar-refractivity contribution in [3.05, 3.63) is 0 Å². The number of hydrogen-bond acceptors (Lipinski definition) is 3. The molecule has 5 nitrogen and oxygen atoms in total. The molecule has 0 radical (unpaired) electrons. The Hall–Kier alpha value is -0.170. The molecule has 1 aliphatic rings. The number of nitrogens with one attached hydrogen (secondary N) is 1. The highest BCUT2D eigenvalue weighted by Crippen LogP contribution is 2.30. The molecule has 1 saturated carbocycles. The Balaban J connectivity index is 2.38. The molecule has 0 aromatic heterocycles. The van der Waals surface area contributed by atoms with Crippen LogP contribution in [0.3, 0.4) is 0 Å². The summed E-state index contributed by atoms with van der Waals surface area (Å²) in [5.74, 6) is 0. The quantitative estimate of drug-likeness (QED) is 0.690. The Morgan fingerprint density at radius 3 is 2.50 bits per heavy atom. The van der Waals surface area contributed by atoms with Gasteiger partial charge in [0.15, 0.2) is 0 Å². The summed E-state index contributed by atoms with van der Waals surface area (Å²) >= 11 is 0. The molecule has 1 rings (SSSR count). The van der Waals surface area contributed by atoms with E-state index in [4.69, 9.17) is 0 Å². The molecule has 0 heterocycles. The zero-order valence-corrected chi connectivity index (χ0v) is 10.9. The van der Waals surface area contributed by atoms with Crippen LogP contribution in [0.1, 0.15) is 39.0 Å². The molecular formula is C10H22N2O3S. The Morgan fingerprint density at radius 1 is 1.44 bits per heavy atom. The van der Waals surface area contributed by atoms with Crippen molar-refractivity contribution < 1.29 is 13.5 Å². The summed E-state index contributed by atoms with van der Waals surface area (Å²) in [4.78, 5) is 0. The fourth-order valence-corrected chi connectivity index (χ4v) is 2.64. The van der Waals surface area contributed by atoms with Gasteiger partial charge in [0.1, 0.15) is 0 Å². The van der Waals surface area contributed by atoms with Crippen LogP contribution in [0.5, 0.6) is 0 Å². The average molecular weight is 250 g/mol. The molecule has 0 saturated heterocycles. The molecule has 0 atom stereocenters. The minimum atomic E-state index is -3.42. The van der Waals surface area contributed by atoms with Crippen molar-refractivity contribution in [3.8, 4) is 0 Å². The second-order valence-electron chi connectivity index (χ2n) is 4.58. The van der Waals surface area contributed by atoms with Gasteiger partial charge >= 0.3 is 0 Å². The lowest BCUT2D eigenvalue weighted by atomic mass is 9.81. The van der Waals surface area contributed by atoms with Gasteiger partial charge in [-0.3, -0.25) is 0 Å². The fourth-order valence-electron chi connectivity index (χ4n) is 1.60. The van der Waals surface area contributed by atoms with Gasteiger partial charge in [0.25, 0.3) is 10.2 Å². The van der Waals surface area contributed by atoms with Crippen molar-refractivity contribution in [2.24, 2.45) is 0 Å². The van der Waals surface area contributed by atoms with Crippen molar-refractivity contribution >= 4 is 10.2 Å². The van der Waals surface area contributed by atoms with Crippen LogP contribution < -0.4 is 4.72 Å². The second-order valence-corrected chi connectivity index (χ2v) is 6.44. The maximum atomic E-state index is 11.7. The highest BCUT2D eigenvalue weighted by Gasteiger charge is 2.35. The van der Waals surface area contributed by atoms with Gasteiger partial charge in [-0.1, -0.05) is 13.3 Å². The molecule has 1 fully saturated rings. The van der Waals surface area contributed by atoms with E-state index in [9.17, 15) is 13.5 Å². The van der Waals surface area contributed by atoms with E-state index >= 15 is 0 Å². The van der Waals surface area contributed by atoms with Crippen molar-refractivity contribution in [2.75, 3.05) is 20.1 Å². The van der Waals surface area contributed by atoms with Crippen molar-refractivity contribution in [3.63, 3.8) is 0 Å². The summed E-state index contributed by atoms with van der Waals surface area (Å²) in [6.45, 7) is 2.67. The molecule has 0 spiro atoms. The van der Waals surface area contributed by atoms with Crippen molar-refractivity contribution in [1.82, 2.24) is 9.03 Å². The third-order valence-corrected chi connectivity index (χ3v) is 4.62. The van der Waals surface area contributed by atoms with Crippen LogP contribution in [0, 0.1) is 0 Å². The third kappa shape index (κ3) is 3.69. The smallest absolute Gasteiger partial charge is 0.279 e. The van der Waals surface area contributed by atoms with Gasteiger partial charge in [0.2, 0.25) is 0 Å². The zero-order chi connectivity index (χ0) is 12.2. The molecule has 2 N–H and O–H groups in total. The normalized spacial score (nSPS) is 19.8. The van der Waals surface area contributed by atoms with Crippen molar-refractivity contribution in [1.29, 1.82) is 0 Å². The molecule has 0 aromatic rings. The summed E-state index contributed by atoms with van der Waals surface area (Å²) in [5.41, 5.74) is -0.807. The topological polar surface area (TPSA) is 69.6 Å². The molecule has 16 heavy (non-hydrogen) atoms. The van der Waals surface area contributed by atoms with E-state index in [-0.39, 0.29) is 6.54 Å². The van der Waals surface area contributed by atoms with E-state index in [1.54, 1.807) is 7.05 Å². The summed E-state index contributed by atoms with van der Waals surface area (Å²) in [5, 5.41) is 9.79. The fraction of sp³-hybridized carbons (Fsp3) is 1.00. The molecule has 96 valence electrons. The molecule has 0 aromatic carbocycles. The lowest BCUT2D eigenvalue weighted by Gasteiger charge is -2.36. The van der Waals surface area contributed by atoms with Crippen LogP contribution in [0.2, 0.25) is 0 Å². The number of nitrogens with zero attached hydrogens (tertiary/aromatic N) is 1. The first kappa shape index (κ1) is 13.9. The van der Waals surface area contributed by atoms with Gasteiger partial charge in [-0.15, -0.1) is 0 Å². The van der Waals surface area contributed by atoms with Crippen LogP contribution in [0.25, 0.3) is 0 Å². The monoisotopic (exact) mass is 250 g/mol. The summed E-state index contributed by atoms with van der Waals surface area (Å²) in [7, 11) is -1.86. The predicted molar refractivity (Wildman–Crippen MR) is 63.3 cm³/mol. The molecule has 0 aliphatic heterocycles. The van der Waals surface area contributed by atoms with Crippen LogP contribution in [0.15, 0.2) is 0 Å².